The van der Waals surface area contributed by atoms with Crippen LogP contribution in [-0.4, -0.2) is 25.5 Å². The molecular weight excluding hydrogens is 336 g/mol. The van der Waals surface area contributed by atoms with Crippen LogP contribution in [0.2, 0.25) is 0 Å². The lowest BCUT2D eigenvalue weighted by atomic mass is 9.97. The number of rotatable bonds is 4. The van der Waals surface area contributed by atoms with Crippen molar-refractivity contribution >= 4 is 11.6 Å². The van der Waals surface area contributed by atoms with E-state index in [0.29, 0.717) is 18.9 Å². The van der Waals surface area contributed by atoms with Crippen molar-refractivity contribution in [3.8, 4) is 0 Å². The molecule has 2 aromatic rings. The molecule has 0 aromatic heterocycles. The summed E-state index contributed by atoms with van der Waals surface area (Å²) in [6, 6.07) is 11.8. The van der Waals surface area contributed by atoms with Crippen molar-refractivity contribution in [3.63, 3.8) is 0 Å². The SMILES string of the molecule is O=C1C(Cc2c(F)cccc2F)CCN1c1ccc(C2CNNC2)cc1. The molecular formula is C20H21F2N3O. The number of hydrazine groups is 1. The molecule has 2 saturated heterocycles. The van der Waals surface area contributed by atoms with E-state index in [2.05, 4.69) is 10.9 Å². The summed E-state index contributed by atoms with van der Waals surface area (Å²) in [4.78, 5) is 14.5. The van der Waals surface area contributed by atoms with Crippen LogP contribution in [0.25, 0.3) is 0 Å². The smallest absolute Gasteiger partial charge is 0.230 e. The number of halogens is 2. The van der Waals surface area contributed by atoms with Gasteiger partial charge in [0.15, 0.2) is 0 Å². The first-order valence-corrected chi connectivity index (χ1v) is 8.93. The van der Waals surface area contributed by atoms with Crippen LogP contribution in [0.4, 0.5) is 14.5 Å². The van der Waals surface area contributed by atoms with E-state index in [9.17, 15) is 13.6 Å². The summed E-state index contributed by atoms with van der Waals surface area (Å²) >= 11 is 0. The number of hydrogen-bond donors (Lipinski definition) is 2. The topological polar surface area (TPSA) is 44.4 Å². The number of hydrogen-bond acceptors (Lipinski definition) is 3. The maximum Gasteiger partial charge on any atom is 0.230 e. The van der Waals surface area contributed by atoms with E-state index in [1.54, 1.807) is 4.90 Å². The van der Waals surface area contributed by atoms with Gasteiger partial charge in [0.05, 0.1) is 0 Å². The molecule has 0 aliphatic carbocycles. The largest absolute Gasteiger partial charge is 0.312 e. The average molecular weight is 357 g/mol. The standard InChI is InChI=1S/C20H21F2N3O/c21-18-2-1-3-19(22)17(18)10-14-8-9-25(20(14)26)16-6-4-13(5-7-16)15-11-23-24-12-15/h1-7,14-15,23-24H,8-12H2. The van der Waals surface area contributed by atoms with Crippen molar-refractivity contribution in [1.29, 1.82) is 0 Å². The molecule has 136 valence electrons. The normalized spacial score (nSPS) is 20.9. The number of anilines is 1. The molecule has 2 aliphatic heterocycles. The van der Waals surface area contributed by atoms with Crippen LogP contribution in [-0.2, 0) is 11.2 Å². The van der Waals surface area contributed by atoms with Gasteiger partial charge in [0.25, 0.3) is 0 Å². The molecule has 1 amide bonds. The van der Waals surface area contributed by atoms with Crippen LogP contribution in [0.15, 0.2) is 42.5 Å². The van der Waals surface area contributed by atoms with Gasteiger partial charge in [-0.1, -0.05) is 18.2 Å². The Morgan fingerprint density at radius 2 is 1.65 bits per heavy atom. The van der Waals surface area contributed by atoms with E-state index in [-0.39, 0.29) is 23.8 Å². The van der Waals surface area contributed by atoms with Crippen LogP contribution in [0.1, 0.15) is 23.5 Å². The summed E-state index contributed by atoms with van der Waals surface area (Å²) in [6.45, 7) is 2.35. The predicted octanol–water partition coefficient (Wildman–Crippen LogP) is 2.75. The van der Waals surface area contributed by atoms with Crippen molar-refractivity contribution in [2.45, 2.75) is 18.8 Å². The maximum atomic E-state index is 13.9. The molecule has 1 atom stereocenters. The Bertz CT molecular complexity index is 783. The number of benzene rings is 2. The van der Waals surface area contributed by atoms with Crippen LogP contribution in [0.3, 0.4) is 0 Å². The van der Waals surface area contributed by atoms with Crippen molar-refractivity contribution < 1.29 is 13.6 Å². The van der Waals surface area contributed by atoms with E-state index in [1.165, 1.54) is 23.8 Å². The zero-order valence-corrected chi connectivity index (χ0v) is 14.3. The van der Waals surface area contributed by atoms with Crippen LogP contribution < -0.4 is 15.8 Å². The van der Waals surface area contributed by atoms with E-state index in [1.807, 2.05) is 24.3 Å². The number of carbonyl (C=O) groups is 1. The fourth-order valence-electron chi connectivity index (χ4n) is 3.78. The Morgan fingerprint density at radius 3 is 2.31 bits per heavy atom. The lowest BCUT2D eigenvalue weighted by Crippen LogP contribution is -2.28. The third-order valence-electron chi connectivity index (χ3n) is 5.33. The van der Waals surface area contributed by atoms with E-state index in [4.69, 9.17) is 0 Å². The molecule has 0 spiro atoms. The molecule has 2 fully saturated rings. The molecule has 2 heterocycles. The molecule has 0 bridgehead atoms. The lowest BCUT2D eigenvalue weighted by Gasteiger charge is -2.18. The molecule has 2 aromatic carbocycles. The molecule has 0 saturated carbocycles. The molecule has 2 aliphatic rings. The molecule has 6 heteroatoms. The van der Waals surface area contributed by atoms with Gasteiger partial charge in [-0.25, -0.2) is 8.78 Å². The molecule has 26 heavy (non-hydrogen) atoms. The van der Waals surface area contributed by atoms with Crippen molar-refractivity contribution in [1.82, 2.24) is 10.9 Å². The van der Waals surface area contributed by atoms with Crippen molar-refractivity contribution in [3.05, 3.63) is 65.2 Å². The van der Waals surface area contributed by atoms with Gasteiger partial charge in [-0.2, -0.15) is 0 Å². The summed E-state index contributed by atoms with van der Waals surface area (Å²) in [5.41, 5.74) is 8.29. The maximum absolute atomic E-state index is 13.9. The second kappa shape index (κ2) is 7.13. The minimum atomic E-state index is -0.584. The first-order valence-electron chi connectivity index (χ1n) is 8.93. The summed E-state index contributed by atoms with van der Waals surface area (Å²) in [7, 11) is 0. The minimum Gasteiger partial charge on any atom is -0.312 e. The second-order valence-corrected chi connectivity index (χ2v) is 6.93. The third-order valence-corrected chi connectivity index (χ3v) is 5.33. The van der Waals surface area contributed by atoms with Gasteiger partial charge >= 0.3 is 0 Å². The van der Waals surface area contributed by atoms with Gasteiger partial charge in [-0.3, -0.25) is 15.6 Å². The fourth-order valence-corrected chi connectivity index (χ4v) is 3.78. The quantitative estimate of drug-likeness (QED) is 0.884. The van der Waals surface area contributed by atoms with E-state index >= 15 is 0 Å². The first-order chi connectivity index (χ1) is 12.6. The van der Waals surface area contributed by atoms with Crippen molar-refractivity contribution in [2.75, 3.05) is 24.5 Å². The van der Waals surface area contributed by atoms with Gasteiger partial charge in [0.2, 0.25) is 5.91 Å². The molecule has 0 radical (unpaired) electrons. The van der Waals surface area contributed by atoms with Crippen molar-refractivity contribution in [2.24, 2.45) is 5.92 Å². The molecule has 4 rings (SSSR count). The van der Waals surface area contributed by atoms with Crippen LogP contribution in [0.5, 0.6) is 0 Å². The average Bonchev–Trinajstić information content (AvgIpc) is 3.29. The van der Waals surface area contributed by atoms with Gasteiger partial charge < -0.3 is 4.90 Å². The second-order valence-electron chi connectivity index (χ2n) is 6.93. The molecule has 1 unspecified atom stereocenters. The Kier molecular flexibility index (Phi) is 4.70. The number of nitrogens with one attached hydrogen (secondary N) is 2. The summed E-state index contributed by atoms with van der Waals surface area (Å²) in [5, 5.41) is 0. The number of carbonyl (C=O) groups excluding carboxylic acids is 1. The van der Waals surface area contributed by atoms with Gasteiger partial charge in [0.1, 0.15) is 11.6 Å². The first kappa shape index (κ1) is 17.1. The lowest BCUT2D eigenvalue weighted by molar-refractivity contribution is -0.120. The Morgan fingerprint density at radius 1 is 1.00 bits per heavy atom. The van der Waals surface area contributed by atoms with Gasteiger partial charge in [0, 0.05) is 42.7 Å². The number of amides is 1. The third kappa shape index (κ3) is 3.22. The Hall–Kier alpha value is -2.31. The van der Waals surface area contributed by atoms with E-state index < -0.39 is 11.6 Å². The predicted molar refractivity (Wildman–Crippen MR) is 95.7 cm³/mol. The van der Waals surface area contributed by atoms with Gasteiger partial charge in [-0.15, -0.1) is 0 Å². The summed E-state index contributed by atoms with van der Waals surface area (Å²) in [6.07, 6.45) is 0.705. The summed E-state index contributed by atoms with van der Waals surface area (Å²) < 4.78 is 27.7. The molecule has 4 nitrogen and oxygen atoms in total. The highest BCUT2D eigenvalue weighted by molar-refractivity contribution is 5.97. The zero-order valence-electron chi connectivity index (χ0n) is 14.3. The van der Waals surface area contributed by atoms with Gasteiger partial charge in [-0.05, 0) is 42.7 Å². The molecule has 2 N–H and O–H groups in total. The fraction of sp³-hybridized carbons (Fsp3) is 0.350. The minimum absolute atomic E-state index is 0.00396. The van der Waals surface area contributed by atoms with Crippen LogP contribution in [0, 0.1) is 17.6 Å². The monoisotopic (exact) mass is 357 g/mol. The Labute approximate surface area is 151 Å². The highest BCUT2D eigenvalue weighted by Gasteiger charge is 2.33. The zero-order chi connectivity index (χ0) is 18.1. The Balaban J connectivity index is 1.47. The summed E-state index contributed by atoms with van der Waals surface area (Å²) in [5.74, 6) is -1.19. The number of nitrogens with zero attached hydrogens (tertiary/aromatic N) is 1. The highest BCUT2D eigenvalue weighted by Crippen LogP contribution is 2.30. The van der Waals surface area contributed by atoms with Crippen LogP contribution >= 0.6 is 0 Å². The van der Waals surface area contributed by atoms with E-state index in [0.717, 1.165) is 18.8 Å². The highest BCUT2D eigenvalue weighted by atomic mass is 19.1.